The van der Waals surface area contributed by atoms with E-state index in [0.29, 0.717) is 0 Å². The molecule has 90 valence electrons. The number of hydrogen-bond donors (Lipinski definition) is 1. The Morgan fingerprint density at radius 3 is 2.71 bits per heavy atom. The molecule has 0 aliphatic rings. The maximum atomic E-state index is 5.50. The number of aryl methyl sites for hydroxylation is 1. The van der Waals surface area contributed by atoms with Crippen LogP contribution in [0.3, 0.4) is 0 Å². The molecule has 0 radical (unpaired) electrons. The van der Waals surface area contributed by atoms with Gasteiger partial charge >= 0.3 is 0 Å². The standard InChI is InChI=1S/C13H16N2S2/c1-16-12-6-4-10(5-7-12)13-15-11(9-17-13)3-2-8-14/h4-7,9H,2-3,8,14H2,1H3. The first-order valence-electron chi connectivity index (χ1n) is 5.62. The van der Waals surface area contributed by atoms with Crippen molar-refractivity contribution in [2.45, 2.75) is 17.7 Å². The smallest absolute Gasteiger partial charge is 0.123 e. The van der Waals surface area contributed by atoms with Crippen molar-refractivity contribution in [3.8, 4) is 10.6 Å². The second-order valence-corrected chi connectivity index (χ2v) is 5.50. The number of aromatic nitrogens is 1. The van der Waals surface area contributed by atoms with Gasteiger partial charge in [-0.15, -0.1) is 23.1 Å². The zero-order valence-corrected chi connectivity index (χ0v) is 11.5. The van der Waals surface area contributed by atoms with Gasteiger partial charge in [0, 0.05) is 15.8 Å². The number of hydrogen-bond acceptors (Lipinski definition) is 4. The van der Waals surface area contributed by atoms with Crippen LogP contribution < -0.4 is 5.73 Å². The van der Waals surface area contributed by atoms with Gasteiger partial charge in [-0.25, -0.2) is 4.98 Å². The molecule has 2 N–H and O–H groups in total. The molecule has 0 aliphatic heterocycles. The fourth-order valence-electron chi connectivity index (χ4n) is 1.57. The maximum Gasteiger partial charge on any atom is 0.123 e. The maximum absolute atomic E-state index is 5.50. The van der Waals surface area contributed by atoms with E-state index in [9.17, 15) is 0 Å². The molecule has 0 fully saturated rings. The second kappa shape index (κ2) is 6.19. The normalized spacial score (nSPS) is 10.7. The van der Waals surface area contributed by atoms with Crippen molar-refractivity contribution >= 4 is 23.1 Å². The Balaban J connectivity index is 2.12. The van der Waals surface area contributed by atoms with Crippen molar-refractivity contribution in [2.24, 2.45) is 5.73 Å². The molecule has 0 saturated heterocycles. The molecule has 2 aromatic rings. The Morgan fingerprint density at radius 2 is 2.06 bits per heavy atom. The average Bonchev–Trinajstić information content (AvgIpc) is 2.85. The zero-order valence-electron chi connectivity index (χ0n) is 9.85. The van der Waals surface area contributed by atoms with Crippen molar-refractivity contribution in [1.29, 1.82) is 0 Å². The van der Waals surface area contributed by atoms with Crippen molar-refractivity contribution in [3.63, 3.8) is 0 Å². The molecule has 17 heavy (non-hydrogen) atoms. The lowest BCUT2D eigenvalue weighted by atomic mass is 10.2. The van der Waals surface area contributed by atoms with Crippen LogP contribution in [0.5, 0.6) is 0 Å². The summed E-state index contributed by atoms with van der Waals surface area (Å²) >= 11 is 3.47. The fourth-order valence-corrected chi connectivity index (χ4v) is 2.84. The van der Waals surface area contributed by atoms with Crippen LogP contribution in [0.25, 0.3) is 10.6 Å². The summed E-state index contributed by atoms with van der Waals surface area (Å²) in [5.41, 5.74) is 7.86. The lowest BCUT2D eigenvalue weighted by Gasteiger charge is -1.98. The summed E-state index contributed by atoms with van der Waals surface area (Å²) in [6.45, 7) is 0.731. The second-order valence-electron chi connectivity index (χ2n) is 3.76. The first-order chi connectivity index (χ1) is 8.33. The van der Waals surface area contributed by atoms with E-state index in [2.05, 4.69) is 40.9 Å². The van der Waals surface area contributed by atoms with Crippen LogP contribution in [0.1, 0.15) is 12.1 Å². The molecular weight excluding hydrogens is 248 g/mol. The third kappa shape index (κ3) is 3.31. The van der Waals surface area contributed by atoms with Crippen molar-refractivity contribution in [2.75, 3.05) is 12.8 Å². The van der Waals surface area contributed by atoms with Gasteiger partial charge in [-0.3, -0.25) is 0 Å². The van der Waals surface area contributed by atoms with E-state index in [1.165, 1.54) is 10.5 Å². The van der Waals surface area contributed by atoms with Crippen LogP contribution in [0.4, 0.5) is 0 Å². The molecule has 0 spiro atoms. The van der Waals surface area contributed by atoms with Gasteiger partial charge in [0.25, 0.3) is 0 Å². The van der Waals surface area contributed by atoms with Crippen molar-refractivity contribution in [3.05, 3.63) is 35.3 Å². The van der Waals surface area contributed by atoms with Crippen LogP contribution >= 0.6 is 23.1 Å². The highest BCUT2D eigenvalue weighted by Gasteiger charge is 2.04. The average molecular weight is 264 g/mol. The van der Waals surface area contributed by atoms with E-state index in [-0.39, 0.29) is 0 Å². The highest BCUT2D eigenvalue weighted by atomic mass is 32.2. The van der Waals surface area contributed by atoms with Crippen molar-refractivity contribution < 1.29 is 0 Å². The zero-order chi connectivity index (χ0) is 12.1. The molecule has 0 saturated carbocycles. The van der Waals surface area contributed by atoms with E-state index < -0.39 is 0 Å². The van der Waals surface area contributed by atoms with E-state index in [1.54, 1.807) is 23.1 Å². The van der Waals surface area contributed by atoms with E-state index >= 15 is 0 Å². The van der Waals surface area contributed by atoms with Gasteiger partial charge in [-0.1, -0.05) is 12.1 Å². The molecule has 0 atom stereocenters. The number of thioether (sulfide) groups is 1. The van der Waals surface area contributed by atoms with Crippen molar-refractivity contribution in [1.82, 2.24) is 4.98 Å². The lowest BCUT2D eigenvalue weighted by Crippen LogP contribution is -2.00. The predicted octanol–water partition coefficient (Wildman–Crippen LogP) is 3.42. The summed E-state index contributed by atoms with van der Waals surface area (Å²) in [4.78, 5) is 5.92. The third-order valence-corrected chi connectivity index (χ3v) is 4.21. The minimum atomic E-state index is 0.731. The Bertz CT molecular complexity index is 463. The Morgan fingerprint density at radius 1 is 1.29 bits per heavy atom. The van der Waals surface area contributed by atoms with Gasteiger partial charge in [0.1, 0.15) is 5.01 Å². The number of rotatable bonds is 5. The minimum absolute atomic E-state index is 0.731. The van der Waals surface area contributed by atoms with Gasteiger partial charge < -0.3 is 5.73 Å². The van der Waals surface area contributed by atoms with Crippen LogP contribution in [0.2, 0.25) is 0 Å². The molecule has 2 nitrogen and oxygen atoms in total. The van der Waals surface area contributed by atoms with Crippen LogP contribution in [0, 0.1) is 0 Å². The minimum Gasteiger partial charge on any atom is -0.330 e. The molecule has 0 unspecified atom stereocenters. The quantitative estimate of drug-likeness (QED) is 0.841. The summed E-state index contributed by atoms with van der Waals surface area (Å²) in [5, 5.41) is 3.23. The van der Waals surface area contributed by atoms with E-state index in [1.807, 2.05) is 0 Å². The molecule has 1 heterocycles. The molecule has 1 aromatic carbocycles. The Kier molecular flexibility index (Phi) is 4.59. The molecule has 4 heteroatoms. The van der Waals surface area contributed by atoms with Crippen LogP contribution in [-0.4, -0.2) is 17.8 Å². The van der Waals surface area contributed by atoms with Crippen LogP contribution in [-0.2, 0) is 6.42 Å². The highest BCUT2D eigenvalue weighted by Crippen LogP contribution is 2.26. The third-order valence-electron chi connectivity index (χ3n) is 2.53. The molecular formula is C13H16N2S2. The number of nitrogens with two attached hydrogens (primary N) is 1. The molecule has 1 aromatic heterocycles. The number of nitrogens with zero attached hydrogens (tertiary/aromatic N) is 1. The summed E-state index contributed by atoms with van der Waals surface area (Å²) in [5.74, 6) is 0. The predicted molar refractivity (Wildman–Crippen MR) is 76.7 cm³/mol. The van der Waals surface area contributed by atoms with Gasteiger partial charge in [0.2, 0.25) is 0 Å². The number of thiazole rings is 1. The van der Waals surface area contributed by atoms with Gasteiger partial charge in [-0.2, -0.15) is 0 Å². The largest absolute Gasteiger partial charge is 0.330 e. The van der Waals surface area contributed by atoms with Gasteiger partial charge in [0.05, 0.1) is 5.69 Å². The van der Waals surface area contributed by atoms with E-state index in [0.717, 1.165) is 30.1 Å². The summed E-state index contributed by atoms with van der Waals surface area (Å²) in [6, 6.07) is 8.55. The first-order valence-corrected chi connectivity index (χ1v) is 7.73. The first kappa shape index (κ1) is 12.6. The Labute approximate surface area is 110 Å². The molecule has 2 rings (SSSR count). The van der Waals surface area contributed by atoms with Crippen LogP contribution in [0.15, 0.2) is 34.5 Å². The Hall–Kier alpha value is -0.840. The monoisotopic (exact) mass is 264 g/mol. The number of benzene rings is 1. The summed E-state index contributed by atoms with van der Waals surface area (Å²) in [6.07, 6.45) is 4.08. The van der Waals surface area contributed by atoms with Gasteiger partial charge in [0.15, 0.2) is 0 Å². The topological polar surface area (TPSA) is 38.9 Å². The van der Waals surface area contributed by atoms with Gasteiger partial charge in [-0.05, 0) is 37.8 Å². The molecule has 0 amide bonds. The lowest BCUT2D eigenvalue weighted by molar-refractivity contribution is 0.816. The summed E-state index contributed by atoms with van der Waals surface area (Å²) < 4.78 is 0. The summed E-state index contributed by atoms with van der Waals surface area (Å²) in [7, 11) is 0. The highest BCUT2D eigenvalue weighted by molar-refractivity contribution is 7.98. The molecule has 0 bridgehead atoms. The fraction of sp³-hybridized carbons (Fsp3) is 0.308. The molecule has 0 aliphatic carbocycles. The van der Waals surface area contributed by atoms with E-state index in [4.69, 9.17) is 5.73 Å². The SMILES string of the molecule is CSc1ccc(-c2nc(CCCN)cs2)cc1.